The Kier molecular flexibility index (Phi) is 14.3. The molecule has 5 aromatic rings. The maximum absolute atomic E-state index is 3.39. The number of allylic oxidation sites excluding steroid dienone is 4. The van der Waals surface area contributed by atoms with Crippen LogP contribution in [-0.2, 0) is 35.1 Å². The van der Waals surface area contributed by atoms with Gasteiger partial charge in [-0.1, -0.05) is 127 Å². The van der Waals surface area contributed by atoms with Gasteiger partial charge in [0.25, 0.3) is 0 Å². The molecule has 1 atom stereocenters. The Morgan fingerprint density at radius 1 is 0.696 bits per heavy atom. The van der Waals surface area contributed by atoms with E-state index >= 15 is 0 Å². The molecule has 6 rings (SSSR count). The molecule has 0 heterocycles. The fourth-order valence-corrected chi connectivity index (χ4v) is 5.94. The normalized spacial score (nSPS) is 14.1. The van der Waals surface area contributed by atoms with Gasteiger partial charge in [-0.25, -0.2) is 5.57 Å². The molecule has 0 aromatic heterocycles. The van der Waals surface area contributed by atoms with Crippen LogP contribution in [0, 0.1) is 18.9 Å². The maximum Gasteiger partial charge on any atom is -1.00 e. The quantitative estimate of drug-likeness (QED) is 0.200. The second kappa shape index (κ2) is 16.6. The van der Waals surface area contributed by atoms with E-state index in [9.17, 15) is 0 Å². The van der Waals surface area contributed by atoms with Crippen LogP contribution in [0.25, 0.3) is 27.1 Å². The van der Waals surface area contributed by atoms with Crippen molar-refractivity contribution in [3.63, 3.8) is 0 Å². The van der Waals surface area contributed by atoms with E-state index in [2.05, 4.69) is 172 Å². The number of halogens is 2. The molecule has 1 aliphatic rings. The fraction of sp³-hybridized carbons (Fsp3) is 0.302. The van der Waals surface area contributed by atoms with E-state index in [1.165, 1.54) is 87.9 Å². The third-order valence-corrected chi connectivity index (χ3v) is 8.98. The first kappa shape index (κ1) is 39.7. The monoisotopic (exact) mass is 724 g/mol. The van der Waals surface area contributed by atoms with E-state index in [1.807, 2.05) is 6.07 Å². The number of hydrogen-bond donors (Lipinski definition) is 0. The minimum Gasteiger partial charge on any atom is -1.00 e. The minimum absolute atomic E-state index is 0. The standard InChI is InChI=1S/C21H25.C13H13.C9H10.2ClH.Zr/c1-20(2,3)16-7-9-18-14(12-16)11-15-13-17(21(4,5)6)8-10-19(15)18;1-10-8-11(2)13(9-10)12-6-4-3-5-7-12;1-3-9-6-4-8(2)5-7-9;;;/h7-13H,1-6H3;3-7,9-10H,1-2H3;4-7H,1-2H3;2*1H;/q2*-1;;;;+2/p-2. The Bertz CT molecular complexity index is 1740. The molecule has 1 aliphatic carbocycles. The topological polar surface area (TPSA) is 0 Å². The van der Waals surface area contributed by atoms with Crippen LogP contribution < -0.4 is 24.8 Å². The van der Waals surface area contributed by atoms with Gasteiger partial charge in [-0.15, -0.1) is 45.3 Å². The first-order valence-electron chi connectivity index (χ1n) is 15.8. The van der Waals surface area contributed by atoms with Gasteiger partial charge in [0.2, 0.25) is 0 Å². The van der Waals surface area contributed by atoms with E-state index in [1.54, 1.807) is 0 Å². The van der Waals surface area contributed by atoms with Crippen LogP contribution in [0.15, 0.2) is 109 Å². The smallest absolute Gasteiger partial charge is 1.00 e. The summed E-state index contributed by atoms with van der Waals surface area (Å²) in [5, 5.41) is 5.48. The maximum atomic E-state index is 3.39. The summed E-state index contributed by atoms with van der Waals surface area (Å²) >= 11 is 1.51. The summed E-state index contributed by atoms with van der Waals surface area (Å²) < 4.78 is 1.46. The van der Waals surface area contributed by atoms with Gasteiger partial charge < -0.3 is 24.8 Å². The molecule has 0 saturated heterocycles. The molecule has 0 bridgehead atoms. The third-order valence-electron chi connectivity index (χ3n) is 8.27. The van der Waals surface area contributed by atoms with Crippen LogP contribution in [0.1, 0.15) is 90.1 Å². The Balaban J connectivity index is 0.000000254. The Morgan fingerprint density at radius 3 is 1.57 bits per heavy atom. The van der Waals surface area contributed by atoms with Crippen molar-refractivity contribution in [2.24, 2.45) is 5.92 Å². The van der Waals surface area contributed by atoms with E-state index in [4.69, 9.17) is 0 Å². The molecule has 46 heavy (non-hydrogen) atoms. The van der Waals surface area contributed by atoms with Crippen LogP contribution >= 0.6 is 0 Å². The average molecular weight is 727 g/mol. The third kappa shape index (κ3) is 10.3. The summed E-state index contributed by atoms with van der Waals surface area (Å²) in [4.78, 5) is 0. The van der Waals surface area contributed by atoms with E-state index in [0.29, 0.717) is 5.92 Å². The van der Waals surface area contributed by atoms with Gasteiger partial charge in [0.15, 0.2) is 0 Å². The van der Waals surface area contributed by atoms with E-state index in [0.717, 1.165) is 0 Å². The molecule has 0 nitrogen and oxygen atoms in total. The average Bonchev–Trinajstić information content (AvgIpc) is 3.51. The minimum atomic E-state index is 0. The van der Waals surface area contributed by atoms with Crippen molar-refractivity contribution in [1.82, 2.24) is 0 Å². The van der Waals surface area contributed by atoms with Gasteiger partial charge in [0, 0.05) is 0 Å². The molecule has 240 valence electrons. The van der Waals surface area contributed by atoms with Gasteiger partial charge in [-0.2, -0.15) is 11.6 Å². The summed E-state index contributed by atoms with van der Waals surface area (Å²) in [7, 11) is 0. The predicted octanol–water partition coefficient (Wildman–Crippen LogP) is 5.87. The van der Waals surface area contributed by atoms with E-state index < -0.39 is 0 Å². The van der Waals surface area contributed by atoms with Crippen molar-refractivity contribution in [1.29, 1.82) is 0 Å². The Morgan fingerprint density at radius 2 is 1.17 bits per heavy atom. The second-order valence-electron chi connectivity index (χ2n) is 14.2. The summed E-state index contributed by atoms with van der Waals surface area (Å²) in [5.41, 5.74) is 9.85. The van der Waals surface area contributed by atoms with Gasteiger partial charge in [0.05, 0.1) is 0 Å². The molecule has 3 heteroatoms. The second-order valence-corrected chi connectivity index (χ2v) is 16.1. The van der Waals surface area contributed by atoms with E-state index in [-0.39, 0.29) is 35.6 Å². The molecule has 0 aliphatic heterocycles. The fourth-order valence-electron chi connectivity index (χ4n) is 5.53. The summed E-state index contributed by atoms with van der Waals surface area (Å²) in [6, 6.07) is 35.3. The first-order chi connectivity index (χ1) is 20.6. The Labute approximate surface area is 305 Å². The largest absolute Gasteiger partial charge is 1.00 e. The molecule has 0 fully saturated rings. The van der Waals surface area contributed by atoms with Gasteiger partial charge >= 0.3 is 76.7 Å². The van der Waals surface area contributed by atoms with Gasteiger partial charge in [-0.05, 0) is 10.8 Å². The van der Waals surface area contributed by atoms with Crippen LogP contribution in [0.5, 0.6) is 0 Å². The van der Waals surface area contributed by atoms with Crippen LogP contribution in [0.3, 0.4) is 0 Å². The van der Waals surface area contributed by atoms with Crippen molar-refractivity contribution >= 4 is 30.3 Å². The number of benzene rings is 4. The van der Waals surface area contributed by atoms with Crippen LogP contribution in [0.2, 0.25) is 0 Å². The molecular formula is C43H48Cl2Zr-2. The van der Waals surface area contributed by atoms with Crippen molar-refractivity contribution in [3.05, 3.63) is 143 Å². The number of rotatable bonds is 2. The zero-order valence-electron chi connectivity index (χ0n) is 29.1. The molecular weight excluding hydrogens is 679 g/mol. The zero-order valence-corrected chi connectivity index (χ0v) is 33.1. The van der Waals surface area contributed by atoms with Gasteiger partial charge in [-0.3, -0.25) is 6.08 Å². The molecule has 0 N–H and O–H groups in total. The number of aryl methyl sites for hydroxylation is 1. The molecule has 0 spiro atoms. The van der Waals surface area contributed by atoms with Crippen LogP contribution in [-0.4, -0.2) is 3.21 Å². The van der Waals surface area contributed by atoms with Crippen molar-refractivity contribution in [2.75, 3.05) is 0 Å². The predicted molar refractivity (Wildman–Crippen MR) is 191 cm³/mol. The first-order valence-corrected chi connectivity index (χ1v) is 17.0. The van der Waals surface area contributed by atoms with Crippen molar-refractivity contribution < 1.29 is 49.0 Å². The molecule has 5 aromatic carbocycles. The summed E-state index contributed by atoms with van der Waals surface area (Å²) in [6.45, 7) is 22.2. The summed E-state index contributed by atoms with van der Waals surface area (Å²) in [5.74, 6) is 0.468. The number of fused-ring (bicyclic) bond motifs is 3. The molecule has 0 radical (unpaired) electrons. The number of hydrogen-bond acceptors (Lipinski definition) is 0. The van der Waals surface area contributed by atoms with Crippen LogP contribution in [0.4, 0.5) is 0 Å². The molecule has 1 unspecified atom stereocenters. The SMILES string of the molecule is CC(C)(C)c1ccc2c(c1)[cH-]c1cc(C(C)(C)C)ccc12.CC1=[C-]C(C)C=C1c1ccccc1.C[C](=[Zr+2])c1ccc(C)cc1.[Cl-].[Cl-]. The zero-order chi connectivity index (χ0) is 32.2. The van der Waals surface area contributed by atoms with Gasteiger partial charge in [0.1, 0.15) is 0 Å². The van der Waals surface area contributed by atoms with Crippen molar-refractivity contribution in [2.45, 2.75) is 80.1 Å². The molecule has 0 saturated carbocycles. The summed E-state index contributed by atoms with van der Waals surface area (Å²) in [6.07, 6.45) is 5.66. The molecule has 0 amide bonds. The van der Waals surface area contributed by atoms with Crippen molar-refractivity contribution in [3.8, 4) is 0 Å². The Hall–Kier alpha value is -2.44.